The van der Waals surface area contributed by atoms with Gasteiger partial charge in [-0.15, -0.1) is 0 Å². The number of ether oxygens (including phenoxy) is 1. The predicted octanol–water partition coefficient (Wildman–Crippen LogP) is 4.98. The van der Waals surface area contributed by atoms with Crippen LogP contribution in [0.5, 0.6) is 5.75 Å². The molecule has 2 heterocycles. The van der Waals surface area contributed by atoms with Crippen molar-refractivity contribution in [1.29, 1.82) is 0 Å². The minimum Gasteiger partial charge on any atom is -0.494 e. The Morgan fingerprint density at radius 2 is 2.07 bits per heavy atom. The number of hydrogen-bond acceptors (Lipinski definition) is 6. The topological polar surface area (TPSA) is 90.1 Å². The molecule has 1 aliphatic carbocycles. The van der Waals surface area contributed by atoms with Crippen LogP contribution in [0, 0.1) is 5.92 Å². The standard InChI is InChI=1S/C21H23IN4O3/c1-12(22)13-3-5-14(6-4-13)21-26-16-9-18(28-2)15(10-19(16)29-21)25-20(27)17-11-23-7-8-24-17/h7-14H,3-6H2,1-2H3,(H,25,27)/t12?,13-,14-. The van der Waals surface area contributed by atoms with Gasteiger partial charge in [-0.05, 0) is 31.6 Å². The van der Waals surface area contributed by atoms with Gasteiger partial charge in [-0.2, -0.15) is 0 Å². The van der Waals surface area contributed by atoms with Gasteiger partial charge in [0.25, 0.3) is 5.91 Å². The Balaban J connectivity index is 1.57. The van der Waals surface area contributed by atoms with Gasteiger partial charge >= 0.3 is 0 Å². The smallest absolute Gasteiger partial charge is 0.275 e. The first kappa shape index (κ1) is 20.1. The molecule has 0 saturated heterocycles. The summed E-state index contributed by atoms with van der Waals surface area (Å²) in [7, 11) is 1.56. The first-order chi connectivity index (χ1) is 14.0. The molecular formula is C21H23IN4O3. The van der Waals surface area contributed by atoms with Gasteiger partial charge in [0.1, 0.15) is 17.0 Å². The third-order valence-electron chi connectivity index (χ3n) is 5.54. The van der Waals surface area contributed by atoms with Crippen molar-refractivity contribution in [2.75, 3.05) is 12.4 Å². The lowest BCUT2D eigenvalue weighted by molar-refractivity contribution is 0.102. The van der Waals surface area contributed by atoms with Crippen LogP contribution < -0.4 is 10.1 Å². The SMILES string of the molecule is COc1cc2nc([C@H]3CC[C@H](C(C)I)CC3)oc2cc1NC(=O)c1cnccn1. The average Bonchev–Trinajstić information content (AvgIpc) is 3.16. The first-order valence-electron chi connectivity index (χ1n) is 9.75. The molecule has 1 saturated carbocycles. The fourth-order valence-corrected chi connectivity index (χ4v) is 4.56. The number of anilines is 1. The maximum Gasteiger partial charge on any atom is 0.275 e. The summed E-state index contributed by atoms with van der Waals surface area (Å²) in [5.41, 5.74) is 2.12. The first-order valence-corrected chi connectivity index (χ1v) is 11.0. The minimum atomic E-state index is -0.360. The fraction of sp³-hybridized carbons (Fsp3) is 0.429. The van der Waals surface area contributed by atoms with Gasteiger partial charge in [0, 0.05) is 34.4 Å². The zero-order valence-corrected chi connectivity index (χ0v) is 18.5. The maximum absolute atomic E-state index is 12.4. The van der Waals surface area contributed by atoms with Crippen LogP contribution >= 0.6 is 22.6 Å². The molecule has 8 heteroatoms. The highest BCUT2D eigenvalue weighted by Crippen LogP contribution is 2.40. The highest BCUT2D eigenvalue weighted by molar-refractivity contribution is 14.1. The molecule has 1 atom stereocenters. The van der Waals surface area contributed by atoms with E-state index in [1.165, 1.54) is 31.4 Å². The Morgan fingerprint density at radius 3 is 2.72 bits per heavy atom. The van der Waals surface area contributed by atoms with E-state index in [4.69, 9.17) is 14.1 Å². The monoisotopic (exact) mass is 506 g/mol. The number of alkyl halides is 1. The summed E-state index contributed by atoms with van der Waals surface area (Å²) in [6.45, 7) is 2.29. The highest BCUT2D eigenvalue weighted by Gasteiger charge is 2.28. The number of benzene rings is 1. The summed E-state index contributed by atoms with van der Waals surface area (Å²) < 4.78 is 12.2. The number of oxazole rings is 1. The van der Waals surface area contributed by atoms with Gasteiger partial charge in [0.15, 0.2) is 11.5 Å². The Hall–Kier alpha value is -2.23. The van der Waals surface area contributed by atoms with Crippen LogP contribution in [0.1, 0.15) is 54.9 Å². The van der Waals surface area contributed by atoms with Crippen molar-refractivity contribution in [1.82, 2.24) is 15.0 Å². The van der Waals surface area contributed by atoms with E-state index in [1.807, 2.05) is 0 Å². The van der Waals surface area contributed by atoms with E-state index in [9.17, 15) is 4.79 Å². The van der Waals surface area contributed by atoms with Crippen molar-refractivity contribution < 1.29 is 13.9 Å². The van der Waals surface area contributed by atoms with Crippen molar-refractivity contribution in [2.45, 2.75) is 42.4 Å². The van der Waals surface area contributed by atoms with Gasteiger partial charge in [0.05, 0.1) is 19.0 Å². The number of hydrogen-bond donors (Lipinski definition) is 1. The van der Waals surface area contributed by atoms with E-state index >= 15 is 0 Å². The van der Waals surface area contributed by atoms with Crippen LogP contribution in [-0.4, -0.2) is 31.9 Å². The van der Waals surface area contributed by atoms with E-state index in [0.29, 0.717) is 26.9 Å². The van der Waals surface area contributed by atoms with E-state index < -0.39 is 0 Å². The Bertz CT molecular complexity index is 998. The molecule has 29 heavy (non-hydrogen) atoms. The number of carbonyl (C=O) groups is 1. The van der Waals surface area contributed by atoms with Gasteiger partial charge < -0.3 is 14.5 Å². The number of rotatable bonds is 5. The molecule has 0 spiro atoms. The van der Waals surface area contributed by atoms with Crippen LogP contribution in [-0.2, 0) is 0 Å². The number of aromatic nitrogens is 3. The molecule has 0 bridgehead atoms. The van der Waals surface area contributed by atoms with E-state index in [-0.39, 0.29) is 11.6 Å². The summed E-state index contributed by atoms with van der Waals surface area (Å²) in [6.07, 6.45) is 9.02. The van der Waals surface area contributed by atoms with Gasteiger partial charge in [0.2, 0.25) is 0 Å². The molecule has 1 aliphatic rings. The van der Waals surface area contributed by atoms with Gasteiger partial charge in [-0.3, -0.25) is 9.78 Å². The summed E-state index contributed by atoms with van der Waals surface area (Å²) >= 11 is 2.52. The lowest BCUT2D eigenvalue weighted by atomic mass is 9.81. The normalized spacial score (nSPS) is 20.4. The summed E-state index contributed by atoms with van der Waals surface area (Å²) in [5, 5.41) is 2.82. The van der Waals surface area contributed by atoms with Crippen LogP contribution in [0.4, 0.5) is 5.69 Å². The molecule has 1 aromatic carbocycles. The number of halogens is 1. The lowest BCUT2D eigenvalue weighted by Crippen LogP contribution is -2.19. The number of carbonyl (C=O) groups excluding carboxylic acids is 1. The summed E-state index contributed by atoms with van der Waals surface area (Å²) in [5.74, 6) is 2.06. The molecule has 3 aromatic rings. The molecule has 2 aromatic heterocycles. The number of nitrogens with one attached hydrogen (secondary N) is 1. The second kappa shape index (κ2) is 8.64. The van der Waals surface area contributed by atoms with Crippen LogP contribution in [0.15, 0.2) is 35.1 Å². The molecule has 1 amide bonds. The van der Waals surface area contributed by atoms with E-state index in [2.05, 4.69) is 44.8 Å². The largest absolute Gasteiger partial charge is 0.494 e. The number of methoxy groups -OCH3 is 1. The van der Waals surface area contributed by atoms with Gasteiger partial charge in [-0.1, -0.05) is 29.5 Å². The fourth-order valence-electron chi connectivity index (χ4n) is 3.84. The number of nitrogens with zero attached hydrogens (tertiary/aromatic N) is 3. The Morgan fingerprint density at radius 1 is 1.28 bits per heavy atom. The van der Waals surface area contributed by atoms with Crippen molar-refractivity contribution in [3.05, 3.63) is 42.3 Å². The molecule has 1 fully saturated rings. The second-order valence-electron chi connectivity index (χ2n) is 7.41. The molecule has 0 radical (unpaired) electrons. The van der Waals surface area contributed by atoms with Gasteiger partial charge in [-0.25, -0.2) is 9.97 Å². The lowest BCUT2D eigenvalue weighted by Gasteiger charge is -2.28. The summed E-state index contributed by atoms with van der Waals surface area (Å²) in [6, 6.07) is 3.56. The number of amides is 1. The third-order valence-corrected chi connectivity index (χ3v) is 6.56. The van der Waals surface area contributed by atoms with Crippen LogP contribution in [0.25, 0.3) is 11.1 Å². The maximum atomic E-state index is 12.4. The van der Waals surface area contributed by atoms with Crippen molar-refractivity contribution >= 4 is 45.3 Å². The zero-order chi connectivity index (χ0) is 20.4. The van der Waals surface area contributed by atoms with Crippen LogP contribution in [0.3, 0.4) is 0 Å². The molecule has 0 aliphatic heterocycles. The molecular weight excluding hydrogens is 483 g/mol. The van der Waals surface area contributed by atoms with E-state index in [0.717, 1.165) is 30.2 Å². The number of fused-ring (bicyclic) bond motifs is 1. The second-order valence-corrected chi connectivity index (χ2v) is 9.37. The van der Waals surface area contributed by atoms with Crippen molar-refractivity contribution in [2.24, 2.45) is 5.92 Å². The Kier molecular flexibility index (Phi) is 5.98. The van der Waals surface area contributed by atoms with Crippen LogP contribution in [0.2, 0.25) is 0 Å². The Labute approximate surface area is 182 Å². The average molecular weight is 506 g/mol. The quantitative estimate of drug-likeness (QED) is 0.388. The molecule has 1 unspecified atom stereocenters. The molecule has 7 nitrogen and oxygen atoms in total. The van der Waals surface area contributed by atoms with Crippen molar-refractivity contribution in [3.63, 3.8) is 0 Å². The van der Waals surface area contributed by atoms with E-state index in [1.54, 1.807) is 19.2 Å². The van der Waals surface area contributed by atoms with Crippen molar-refractivity contribution in [3.8, 4) is 5.75 Å². The summed E-state index contributed by atoms with van der Waals surface area (Å²) in [4.78, 5) is 25.1. The minimum absolute atomic E-state index is 0.231. The molecule has 4 rings (SSSR count). The highest BCUT2D eigenvalue weighted by atomic mass is 127. The molecule has 1 N–H and O–H groups in total. The third kappa shape index (κ3) is 4.36. The predicted molar refractivity (Wildman–Crippen MR) is 119 cm³/mol. The molecule has 152 valence electrons. The zero-order valence-electron chi connectivity index (χ0n) is 16.4.